The number of non-ortho nitro benzene ring substituents is 1. The number of thiocarbonyl (C=S) groups is 1. The molecule has 8 heteroatoms. The number of hydrazone groups is 1. The summed E-state index contributed by atoms with van der Waals surface area (Å²) in [6, 6.07) is 18.1. The van der Waals surface area contributed by atoms with Crippen LogP contribution in [0.3, 0.4) is 0 Å². The van der Waals surface area contributed by atoms with Crippen molar-refractivity contribution in [3.05, 3.63) is 81.9 Å². The Hall–Kier alpha value is -3.52. The molecule has 0 spiro atoms. The van der Waals surface area contributed by atoms with Crippen molar-refractivity contribution < 1.29 is 9.66 Å². The summed E-state index contributed by atoms with van der Waals surface area (Å²) in [5.74, 6) is 0.620. The van der Waals surface area contributed by atoms with Crippen molar-refractivity contribution in [3.8, 4) is 5.75 Å². The molecule has 29 heavy (non-hydrogen) atoms. The van der Waals surface area contributed by atoms with Crippen molar-refractivity contribution in [2.75, 3.05) is 6.54 Å². The van der Waals surface area contributed by atoms with Crippen LogP contribution in [0.25, 0.3) is 10.8 Å². The average molecular weight is 408 g/mol. The van der Waals surface area contributed by atoms with Gasteiger partial charge in [-0.3, -0.25) is 15.5 Å². The van der Waals surface area contributed by atoms with Crippen LogP contribution in [0.1, 0.15) is 18.1 Å². The van der Waals surface area contributed by atoms with Crippen molar-refractivity contribution in [3.63, 3.8) is 0 Å². The number of ether oxygens (including phenoxy) is 1. The summed E-state index contributed by atoms with van der Waals surface area (Å²) in [4.78, 5) is 10.6. The molecule has 148 valence electrons. The Bertz CT molecular complexity index is 1070. The minimum absolute atomic E-state index is 0.0348. The fraction of sp³-hybridized carbons (Fsp3) is 0.143. The Morgan fingerprint density at radius 2 is 2.03 bits per heavy atom. The largest absolute Gasteiger partial charge is 0.488 e. The van der Waals surface area contributed by atoms with E-state index in [1.54, 1.807) is 18.3 Å². The summed E-state index contributed by atoms with van der Waals surface area (Å²) in [6.45, 7) is 2.85. The third-order valence-electron chi connectivity index (χ3n) is 4.14. The van der Waals surface area contributed by atoms with E-state index in [0.717, 1.165) is 16.3 Å². The van der Waals surface area contributed by atoms with Crippen molar-refractivity contribution in [1.29, 1.82) is 0 Å². The summed E-state index contributed by atoms with van der Waals surface area (Å²) < 4.78 is 5.98. The van der Waals surface area contributed by atoms with Gasteiger partial charge in [-0.25, -0.2) is 0 Å². The van der Waals surface area contributed by atoms with E-state index < -0.39 is 4.92 Å². The summed E-state index contributed by atoms with van der Waals surface area (Å²) in [5, 5.41) is 20.6. The monoisotopic (exact) mass is 408 g/mol. The fourth-order valence-corrected chi connectivity index (χ4v) is 3.01. The quantitative estimate of drug-likeness (QED) is 0.264. The molecule has 0 aliphatic carbocycles. The third kappa shape index (κ3) is 5.26. The highest BCUT2D eigenvalue weighted by Crippen LogP contribution is 2.27. The number of benzene rings is 3. The highest BCUT2D eigenvalue weighted by atomic mass is 32.1. The maximum absolute atomic E-state index is 11.0. The molecule has 0 saturated carbocycles. The summed E-state index contributed by atoms with van der Waals surface area (Å²) in [7, 11) is 0. The number of nitrogens with zero attached hydrogens (tertiary/aromatic N) is 2. The van der Waals surface area contributed by atoms with Crippen molar-refractivity contribution >= 4 is 40.0 Å². The average Bonchev–Trinajstić information content (AvgIpc) is 2.73. The van der Waals surface area contributed by atoms with Crippen molar-refractivity contribution in [2.24, 2.45) is 5.10 Å². The number of rotatable bonds is 7. The smallest absolute Gasteiger partial charge is 0.269 e. The zero-order valence-electron chi connectivity index (χ0n) is 15.8. The molecule has 0 heterocycles. The van der Waals surface area contributed by atoms with E-state index in [-0.39, 0.29) is 12.3 Å². The standard InChI is InChI=1S/C21H20N4O3S/c1-2-22-21(29)24-23-13-19-18-9-4-3-7-16(18)10-11-20(19)28-14-15-6-5-8-17(12-15)25(26)27/h3-13H,2,14H2,1H3,(H2,22,24,29). The number of fused-ring (bicyclic) bond motifs is 1. The van der Waals surface area contributed by atoms with Crippen molar-refractivity contribution in [1.82, 2.24) is 10.7 Å². The summed E-state index contributed by atoms with van der Waals surface area (Å²) in [5.41, 5.74) is 4.31. The topological polar surface area (TPSA) is 88.8 Å². The number of nitro benzene ring substituents is 1. The zero-order valence-corrected chi connectivity index (χ0v) is 16.6. The second-order valence-corrected chi connectivity index (χ2v) is 6.55. The predicted octanol–water partition coefficient (Wildman–Crippen LogP) is 4.14. The lowest BCUT2D eigenvalue weighted by molar-refractivity contribution is -0.384. The van der Waals surface area contributed by atoms with Gasteiger partial charge in [0.05, 0.1) is 11.1 Å². The van der Waals surface area contributed by atoms with E-state index in [0.29, 0.717) is 23.0 Å². The van der Waals surface area contributed by atoms with Crippen LogP contribution in [0.2, 0.25) is 0 Å². The molecule has 7 nitrogen and oxygen atoms in total. The van der Waals surface area contributed by atoms with Gasteiger partial charge in [0.2, 0.25) is 0 Å². The molecule has 0 aliphatic heterocycles. The molecule has 0 radical (unpaired) electrons. The van der Waals surface area contributed by atoms with Crippen LogP contribution in [0.4, 0.5) is 5.69 Å². The van der Waals surface area contributed by atoms with Crippen LogP contribution < -0.4 is 15.5 Å². The van der Waals surface area contributed by atoms with E-state index in [2.05, 4.69) is 15.8 Å². The lowest BCUT2D eigenvalue weighted by Crippen LogP contribution is -2.31. The maximum atomic E-state index is 11.0. The van der Waals surface area contributed by atoms with Crippen LogP contribution in [-0.2, 0) is 6.61 Å². The SMILES string of the molecule is CCNC(=S)NN=Cc1c(OCc2cccc([N+](=O)[O-])c2)ccc2ccccc12. The Morgan fingerprint density at radius 3 is 2.83 bits per heavy atom. The van der Waals surface area contributed by atoms with Gasteiger partial charge in [0.15, 0.2) is 5.11 Å². The molecule has 0 aromatic heterocycles. The molecular weight excluding hydrogens is 388 g/mol. The Morgan fingerprint density at radius 1 is 1.21 bits per heavy atom. The highest BCUT2D eigenvalue weighted by Gasteiger charge is 2.10. The Balaban J connectivity index is 1.86. The lowest BCUT2D eigenvalue weighted by atomic mass is 10.0. The molecule has 0 atom stereocenters. The molecule has 3 aromatic carbocycles. The molecule has 0 bridgehead atoms. The number of hydrogen-bond acceptors (Lipinski definition) is 5. The summed E-state index contributed by atoms with van der Waals surface area (Å²) in [6.07, 6.45) is 1.66. The first-order chi connectivity index (χ1) is 14.1. The van der Waals surface area contributed by atoms with Crippen LogP contribution in [0, 0.1) is 10.1 Å². The molecule has 0 saturated heterocycles. The first-order valence-electron chi connectivity index (χ1n) is 9.03. The first-order valence-corrected chi connectivity index (χ1v) is 9.44. The van der Waals surface area contributed by atoms with E-state index in [4.69, 9.17) is 17.0 Å². The van der Waals surface area contributed by atoms with Gasteiger partial charge in [-0.15, -0.1) is 0 Å². The van der Waals surface area contributed by atoms with E-state index >= 15 is 0 Å². The predicted molar refractivity (Wildman–Crippen MR) is 118 cm³/mol. The number of nitrogens with one attached hydrogen (secondary N) is 2. The van der Waals surface area contributed by atoms with Gasteiger partial charge in [0.25, 0.3) is 5.69 Å². The van der Waals surface area contributed by atoms with Gasteiger partial charge in [-0.1, -0.05) is 42.5 Å². The molecule has 0 aliphatic rings. The minimum Gasteiger partial charge on any atom is -0.488 e. The zero-order chi connectivity index (χ0) is 20.6. The second-order valence-electron chi connectivity index (χ2n) is 6.14. The van der Waals surface area contributed by atoms with Gasteiger partial charge >= 0.3 is 0 Å². The second kappa shape index (κ2) is 9.61. The number of nitro groups is 1. The van der Waals surface area contributed by atoms with Gasteiger partial charge in [0, 0.05) is 24.2 Å². The van der Waals surface area contributed by atoms with Crippen LogP contribution in [0.15, 0.2) is 65.8 Å². The van der Waals surface area contributed by atoms with Crippen molar-refractivity contribution in [2.45, 2.75) is 13.5 Å². The van der Waals surface area contributed by atoms with Gasteiger partial charge in [-0.2, -0.15) is 5.10 Å². The molecule has 3 aromatic rings. The molecule has 3 rings (SSSR count). The fourth-order valence-electron chi connectivity index (χ4n) is 2.81. The Kier molecular flexibility index (Phi) is 6.70. The van der Waals surface area contributed by atoms with E-state index in [1.807, 2.05) is 43.3 Å². The van der Waals surface area contributed by atoms with E-state index in [9.17, 15) is 10.1 Å². The normalized spacial score (nSPS) is 10.8. The lowest BCUT2D eigenvalue weighted by Gasteiger charge is -2.12. The highest BCUT2D eigenvalue weighted by molar-refractivity contribution is 7.80. The molecule has 0 amide bonds. The molecule has 2 N–H and O–H groups in total. The minimum atomic E-state index is -0.420. The van der Waals surface area contributed by atoms with Gasteiger partial charge in [-0.05, 0) is 41.5 Å². The third-order valence-corrected chi connectivity index (χ3v) is 4.38. The number of hydrogen-bond donors (Lipinski definition) is 2. The maximum Gasteiger partial charge on any atom is 0.269 e. The van der Waals surface area contributed by atoms with Gasteiger partial charge in [0.1, 0.15) is 12.4 Å². The summed E-state index contributed by atoms with van der Waals surface area (Å²) >= 11 is 5.12. The van der Waals surface area contributed by atoms with Gasteiger partial charge < -0.3 is 10.1 Å². The van der Waals surface area contributed by atoms with Crippen LogP contribution in [-0.4, -0.2) is 22.8 Å². The Labute approximate surface area is 173 Å². The van der Waals surface area contributed by atoms with Crippen LogP contribution in [0.5, 0.6) is 5.75 Å². The molecular formula is C21H20N4O3S. The molecule has 0 unspecified atom stereocenters. The van der Waals surface area contributed by atoms with E-state index in [1.165, 1.54) is 12.1 Å². The van der Waals surface area contributed by atoms with Crippen LogP contribution >= 0.6 is 12.2 Å². The molecule has 0 fully saturated rings. The first kappa shape index (κ1) is 20.2.